The standard InChI is InChI=1S/C26H19ClN2O4/c1-32-21-13-8-19(9-14-21)26(31)33-24-15-10-17-4-2-3-5-22(17)23(24)16-28-29-25(30)18-6-11-20(27)12-7-18/h2-16H,1H3,(H,29,30)/b28-16-. The van der Waals surface area contributed by atoms with E-state index in [0.29, 0.717) is 33.2 Å². The van der Waals surface area contributed by atoms with Crippen LogP contribution in [0, 0.1) is 0 Å². The third kappa shape index (κ3) is 5.19. The average molecular weight is 459 g/mol. The van der Waals surface area contributed by atoms with Crippen molar-refractivity contribution in [3.63, 3.8) is 0 Å². The molecular formula is C26H19ClN2O4. The maximum Gasteiger partial charge on any atom is 0.343 e. The van der Waals surface area contributed by atoms with Gasteiger partial charge in [0.2, 0.25) is 0 Å². The second-order valence-electron chi connectivity index (χ2n) is 7.02. The molecule has 0 radical (unpaired) electrons. The fourth-order valence-corrected chi connectivity index (χ4v) is 3.33. The zero-order valence-electron chi connectivity index (χ0n) is 17.6. The highest BCUT2D eigenvalue weighted by atomic mass is 35.5. The molecule has 0 heterocycles. The zero-order chi connectivity index (χ0) is 23.2. The van der Waals surface area contributed by atoms with E-state index < -0.39 is 5.97 Å². The van der Waals surface area contributed by atoms with Gasteiger partial charge in [0.1, 0.15) is 11.5 Å². The molecular weight excluding hydrogens is 440 g/mol. The lowest BCUT2D eigenvalue weighted by atomic mass is 10.0. The molecule has 164 valence electrons. The molecule has 0 saturated heterocycles. The molecule has 1 N–H and O–H groups in total. The third-order valence-corrected chi connectivity index (χ3v) is 5.18. The molecule has 0 spiro atoms. The smallest absolute Gasteiger partial charge is 0.343 e. The van der Waals surface area contributed by atoms with Crippen molar-refractivity contribution in [3.05, 3.63) is 107 Å². The maximum absolute atomic E-state index is 12.7. The van der Waals surface area contributed by atoms with Gasteiger partial charge in [-0.1, -0.05) is 41.9 Å². The Hall–Kier alpha value is -4.16. The Kier molecular flexibility index (Phi) is 6.66. The van der Waals surface area contributed by atoms with Crippen LogP contribution in [0.25, 0.3) is 10.8 Å². The first kappa shape index (κ1) is 22.0. The number of hydrogen-bond donors (Lipinski definition) is 1. The Morgan fingerprint density at radius 3 is 2.30 bits per heavy atom. The number of rotatable bonds is 6. The van der Waals surface area contributed by atoms with Crippen LogP contribution in [0.15, 0.2) is 90.0 Å². The van der Waals surface area contributed by atoms with Gasteiger partial charge in [-0.2, -0.15) is 5.10 Å². The van der Waals surface area contributed by atoms with E-state index in [2.05, 4.69) is 10.5 Å². The average Bonchev–Trinajstić information content (AvgIpc) is 2.85. The van der Waals surface area contributed by atoms with Crippen LogP contribution in [0.3, 0.4) is 0 Å². The van der Waals surface area contributed by atoms with E-state index in [9.17, 15) is 9.59 Å². The van der Waals surface area contributed by atoms with E-state index in [4.69, 9.17) is 21.1 Å². The van der Waals surface area contributed by atoms with E-state index in [0.717, 1.165) is 10.8 Å². The van der Waals surface area contributed by atoms with Gasteiger partial charge >= 0.3 is 5.97 Å². The second-order valence-corrected chi connectivity index (χ2v) is 7.46. The number of ether oxygens (including phenoxy) is 2. The molecule has 0 fully saturated rings. The van der Waals surface area contributed by atoms with Crippen LogP contribution in [0.1, 0.15) is 26.3 Å². The van der Waals surface area contributed by atoms with Crippen molar-refractivity contribution in [2.75, 3.05) is 7.11 Å². The molecule has 0 saturated carbocycles. The van der Waals surface area contributed by atoms with E-state index >= 15 is 0 Å². The minimum absolute atomic E-state index is 0.319. The van der Waals surface area contributed by atoms with Gasteiger partial charge in [-0.3, -0.25) is 4.79 Å². The number of carbonyl (C=O) groups excluding carboxylic acids is 2. The topological polar surface area (TPSA) is 77.0 Å². The molecule has 4 rings (SSSR count). The lowest BCUT2D eigenvalue weighted by Crippen LogP contribution is -2.17. The van der Waals surface area contributed by atoms with E-state index in [1.807, 2.05) is 30.3 Å². The van der Waals surface area contributed by atoms with Crippen molar-refractivity contribution < 1.29 is 19.1 Å². The van der Waals surface area contributed by atoms with Crippen LogP contribution in [0.4, 0.5) is 0 Å². The molecule has 1 amide bonds. The molecule has 33 heavy (non-hydrogen) atoms. The quantitative estimate of drug-likeness (QED) is 0.179. The maximum atomic E-state index is 12.7. The number of nitrogens with one attached hydrogen (secondary N) is 1. The number of hydrazone groups is 1. The first-order chi connectivity index (χ1) is 16.0. The predicted octanol–water partition coefficient (Wildman–Crippen LogP) is 5.48. The highest BCUT2D eigenvalue weighted by Crippen LogP contribution is 2.27. The zero-order valence-corrected chi connectivity index (χ0v) is 18.4. The summed E-state index contributed by atoms with van der Waals surface area (Å²) in [5.74, 6) is 0.0493. The van der Waals surface area contributed by atoms with Crippen LogP contribution in [-0.4, -0.2) is 25.2 Å². The fourth-order valence-electron chi connectivity index (χ4n) is 3.20. The van der Waals surface area contributed by atoms with E-state index in [1.165, 1.54) is 6.21 Å². The molecule has 4 aromatic rings. The van der Waals surface area contributed by atoms with Gasteiger partial charge in [-0.15, -0.1) is 0 Å². The number of hydrogen-bond acceptors (Lipinski definition) is 5. The molecule has 0 aromatic heterocycles. The number of benzene rings is 4. The minimum Gasteiger partial charge on any atom is -0.497 e. The number of amides is 1. The fraction of sp³-hybridized carbons (Fsp3) is 0.0385. The Morgan fingerprint density at radius 2 is 1.58 bits per heavy atom. The third-order valence-electron chi connectivity index (χ3n) is 4.93. The Labute approximate surface area is 195 Å². The molecule has 0 aliphatic carbocycles. The summed E-state index contributed by atoms with van der Waals surface area (Å²) in [5, 5.41) is 6.38. The van der Waals surface area contributed by atoms with Gasteiger partial charge in [0.05, 0.1) is 18.9 Å². The summed E-state index contributed by atoms with van der Waals surface area (Å²) < 4.78 is 10.8. The van der Waals surface area contributed by atoms with Gasteiger partial charge in [-0.25, -0.2) is 10.2 Å². The monoisotopic (exact) mass is 458 g/mol. The summed E-state index contributed by atoms with van der Waals surface area (Å²) in [4.78, 5) is 25.1. The van der Waals surface area contributed by atoms with Crippen molar-refractivity contribution >= 4 is 40.5 Å². The van der Waals surface area contributed by atoms with Crippen molar-refractivity contribution in [2.24, 2.45) is 5.10 Å². The van der Waals surface area contributed by atoms with Crippen LogP contribution in [0.5, 0.6) is 11.5 Å². The molecule has 4 aromatic carbocycles. The number of halogens is 1. The van der Waals surface area contributed by atoms with Crippen molar-refractivity contribution in [2.45, 2.75) is 0 Å². The van der Waals surface area contributed by atoms with E-state index in [-0.39, 0.29) is 5.91 Å². The lowest BCUT2D eigenvalue weighted by molar-refractivity contribution is 0.0734. The lowest BCUT2D eigenvalue weighted by Gasteiger charge is -2.11. The molecule has 7 heteroatoms. The Balaban J connectivity index is 1.60. The largest absolute Gasteiger partial charge is 0.497 e. The summed E-state index contributed by atoms with van der Waals surface area (Å²) in [6, 6.07) is 24.3. The number of carbonyl (C=O) groups is 2. The summed E-state index contributed by atoms with van der Waals surface area (Å²) in [5.41, 5.74) is 3.85. The summed E-state index contributed by atoms with van der Waals surface area (Å²) in [6.07, 6.45) is 1.47. The first-order valence-corrected chi connectivity index (χ1v) is 10.4. The summed E-state index contributed by atoms with van der Waals surface area (Å²) in [6.45, 7) is 0. The highest BCUT2D eigenvalue weighted by molar-refractivity contribution is 6.30. The predicted molar refractivity (Wildman–Crippen MR) is 128 cm³/mol. The Morgan fingerprint density at radius 1 is 0.879 bits per heavy atom. The van der Waals surface area contributed by atoms with Gasteiger partial charge in [0.15, 0.2) is 0 Å². The number of esters is 1. The number of fused-ring (bicyclic) bond motifs is 1. The molecule has 0 aliphatic rings. The number of nitrogens with zero attached hydrogens (tertiary/aromatic N) is 1. The van der Waals surface area contributed by atoms with Gasteiger partial charge in [0, 0.05) is 16.1 Å². The SMILES string of the molecule is COc1ccc(C(=O)Oc2ccc3ccccc3c2/C=N\NC(=O)c2ccc(Cl)cc2)cc1. The van der Waals surface area contributed by atoms with Gasteiger partial charge < -0.3 is 9.47 Å². The van der Waals surface area contributed by atoms with Crippen LogP contribution in [-0.2, 0) is 0 Å². The van der Waals surface area contributed by atoms with Crippen molar-refractivity contribution in [1.82, 2.24) is 5.43 Å². The van der Waals surface area contributed by atoms with Gasteiger partial charge in [-0.05, 0) is 65.4 Å². The summed E-state index contributed by atoms with van der Waals surface area (Å²) in [7, 11) is 1.56. The van der Waals surface area contributed by atoms with Crippen LogP contribution < -0.4 is 14.9 Å². The van der Waals surface area contributed by atoms with Crippen LogP contribution >= 0.6 is 11.6 Å². The molecule has 0 aliphatic heterocycles. The Bertz CT molecular complexity index is 1330. The van der Waals surface area contributed by atoms with Crippen LogP contribution in [0.2, 0.25) is 5.02 Å². The normalized spacial score (nSPS) is 10.8. The first-order valence-electron chi connectivity index (χ1n) is 10.0. The molecule has 0 atom stereocenters. The highest BCUT2D eigenvalue weighted by Gasteiger charge is 2.14. The van der Waals surface area contributed by atoms with Crippen molar-refractivity contribution in [3.8, 4) is 11.5 Å². The minimum atomic E-state index is -0.521. The summed E-state index contributed by atoms with van der Waals surface area (Å²) >= 11 is 5.87. The van der Waals surface area contributed by atoms with E-state index in [1.54, 1.807) is 61.7 Å². The molecule has 6 nitrogen and oxygen atoms in total. The second kappa shape index (κ2) is 9.97. The molecule has 0 bridgehead atoms. The van der Waals surface area contributed by atoms with Gasteiger partial charge in [0.25, 0.3) is 5.91 Å². The van der Waals surface area contributed by atoms with Crippen molar-refractivity contribution in [1.29, 1.82) is 0 Å². The number of methoxy groups -OCH3 is 1. The molecule has 0 unspecified atom stereocenters.